The average molecular weight is 179 g/mol. The molecule has 0 bridgehead atoms. The number of hydrogen-bond donors (Lipinski definition) is 0. The molecule has 0 aromatic rings. The van der Waals surface area contributed by atoms with Gasteiger partial charge in [0, 0.05) is 0 Å². The second-order valence-electron chi connectivity index (χ2n) is 1.05. The maximum absolute atomic E-state index is 11.3. The van der Waals surface area contributed by atoms with E-state index in [2.05, 4.69) is 0 Å². The predicted molar refractivity (Wildman–Crippen MR) is 31.3 cm³/mol. The van der Waals surface area contributed by atoms with E-state index in [-0.39, 0.29) is 0 Å². The van der Waals surface area contributed by atoms with Crippen LogP contribution in [0.25, 0.3) is 0 Å². The number of rotatable bonds is 1. The molecule has 0 aromatic carbocycles. The molecule has 0 spiro atoms. The van der Waals surface area contributed by atoms with E-state index in [1.807, 2.05) is 0 Å². The zero-order chi connectivity index (χ0) is 6.78. The number of alkyl halides is 4. The van der Waals surface area contributed by atoms with Crippen LogP contribution in [0.15, 0.2) is 0 Å². The molecule has 0 saturated heterocycles. The minimum atomic E-state index is -2.09. The lowest BCUT2D eigenvalue weighted by Gasteiger charge is -2.03. The monoisotopic (exact) mass is 178 g/mol. The fraction of sp³-hybridized carbons (Fsp3) is 0.667. The number of Topliss-reactive ketones (excluding diaryl/α,β-unsaturated/α-hetero) is 1. The first-order valence-electron chi connectivity index (χ1n) is 1.64. The maximum atomic E-state index is 11.3. The molecular formula is C3H2Cl3FO. The van der Waals surface area contributed by atoms with Crippen LogP contribution in [0.3, 0.4) is 0 Å². The van der Waals surface area contributed by atoms with Crippen LogP contribution in [0.2, 0.25) is 0 Å². The molecule has 8 heavy (non-hydrogen) atoms. The van der Waals surface area contributed by atoms with Crippen LogP contribution in [-0.4, -0.2) is 16.3 Å². The Balaban J connectivity index is 3.82. The number of hydrogen-bond acceptors (Lipinski definition) is 1. The molecule has 0 atom stereocenters. The Bertz CT molecular complexity index is 97.2. The zero-order valence-corrected chi connectivity index (χ0v) is 5.89. The van der Waals surface area contributed by atoms with Crippen LogP contribution in [0, 0.1) is 0 Å². The van der Waals surface area contributed by atoms with E-state index in [0.717, 1.165) is 0 Å². The molecule has 0 aromatic heterocycles. The van der Waals surface area contributed by atoms with Crippen molar-refractivity contribution in [1.82, 2.24) is 0 Å². The van der Waals surface area contributed by atoms with Gasteiger partial charge in [0.15, 0.2) is 6.67 Å². The van der Waals surface area contributed by atoms with Gasteiger partial charge in [0.1, 0.15) is 0 Å². The van der Waals surface area contributed by atoms with Crippen LogP contribution in [0.4, 0.5) is 4.39 Å². The summed E-state index contributed by atoms with van der Waals surface area (Å²) in [5.74, 6) is -1.04. The molecule has 0 amide bonds. The smallest absolute Gasteiger partial charge is 0.251 e. The molecule has 0 N–H and O–H groups in total. The molecular weight excluding hydrogens is 177 g/mol. The topological polar surface area (TPSA) is 17.1 Å². The van der Waals surface area contributed by atoms with Crippen LogP contribution < -0.4 is 0 Å². The van der Waals surface area contributed by atoms with Gasteiger partial charge in [-0.25, -0.2) is 4.39 Å². The van der Waals surface area contributed by atoms with Crippen molar-refractivity contribution < 1.29 is 9.18 Å². The normalized spacial score (nSPS) is 11.5. The second-order valence-corrected chi connectivity index (χ2v) is 3.34. The van der Waals surface area contributed by atoms with Gasteiger partial charge in [-0.3, -0.25) is 4.79 Å². The summed E-state index contributed by atoms with van der Waals surface area (Å²) in [6.45, 7) is -1.24. The molecule has 0 aliphatic rings. The van der Waals surface area contributed by atoms with Crippen LogP contribution in [0.5, 0.6) is 0 Å². The summed E-state index contributed by atoms with van der Waals surface area (Å²) in [6, 6.07) is 0. The van der Waals surface area contributed by atoms with E-state index in [1.165, 1.54) is 0 Å². The number of carbonyl (C=O) groups is 1. The van der Waals surface area contributed by atoms with E-state index >= 15 is 0 Å². The molecule has 0 aliphatic heterocycles. The lowest BCUT2D eigenvalue weighted by atomic mass is 10.5. The van der Waals surface area contributed by atoms with Crippen LogP contribution >= 0.6 is 34.8 Å². The Kier molecular flexibility index (Phi) is 3.02. The Labute approximate surface area is 60.7 Å². The molecule has 0 radical (unpaired) electrons. The third-order valence-electron chi connectivity index (χ3n) is 0.438. The minimum Gasteiger partial charge on any atom is -0.292 e. The molecule has 48 valence electrons. The van der Waals surface area contributed by atoms with E-state index < -0.39 is 16.3 Å². The molecule has 0 rings (SSSR count). The Hall–Kier alpha value is 0.470. The molecule has 5 heteroatoms. The summed E-state index contributed by atoms with van der Waals surface area (Å²) in [5.41, 5.74) is 0. The number of halogens is 4. The highest BCUT2D eigenvalue weighted by molar-refractivity contribution is 6.76. The van der Waals surface area contributed by atoms with Crippen molar-refractivity contribution in [1.29, 1.82) is 0 Å². The van der Waals surface area contributed by atoms with Crippen LogP contribution in [0.1, 0.15) is 0 Å². The van der Waals surface area contributed by atoms with E-state index in [1.54, 1.807) is 0 Å². The Morgan fingerprint density at radius 3 is 1.88 bits per heavy atom. The highest BCUT2D eigenvalue weighted by Gasteiger charge is 2.29. The van der Waals surface area contributed by atoms with Crippen molar-refractivity contribution in [3.05, 3.63) is 0 Å². The molecule has 1 nitrogen and oxygen atoms in total. The van der Waals surface area contributed by atoms with Crippen molar-refractivity contribution in [3.63, 3.8) is 0 Å². The van der Waals surface area contributed by atoms with E-state index in [9.17, 15) is 9.18 Å². The van der Waals surface area contributed by atoms with Gasteiger partial charge in [-0.15, -0.1) is 0 Å². The quantitative estimate of drug-likeness (QED) is 0.562. The fourth-order valence-corrected chi connectivity index (χ4v) is 0.227. The number of carbonyl (C=O) groups excluding carboxylic acids is 1. The van der Waals surface area contributed by atoms with Crippen molar-refractivity contribution in [3.8, 4) is 0 Å². The summed E-state index contributed by atoms with van der Waals surface area (Å²) in [4.78, 5) is 10.1. The van der Waals surface area contributed by atoms with Gasteiger partial charge < -0.3 is 0 Å². The van der Waals surface area contributed by atoms with Crippen molar-refractivity contribution in [2.45, 2.75) is 3.79 Å². The third-order valence-corrected chi connectivity index (χ3v) is 1.07. The standard InChI is InChI=1S/C3H2Cl3FO/c4-3(5,6)2(8)1-7/h1H2. The van der Waals surface area contributed by atoms with Gasteiger partial charge >= 0.3 is 0 Å². The lowest BCUT2D eigenvalue weighted by Crippen LogP contribution is -2.19. The van der Waals surface area contributed by atoms with Crippen LogP contribution in [-0.2, 0) is 4.79 Å². The lowest BCUT2D eigenvalue weighted by molar-refractivity contribution is -0.119. The summed E-state index contributed by atoms with van der Waals surface area (Å²) >= 11 is 14.8. The molecule has 0 saturated carbocycles. The minimum absolute atomic E-state index is 1.04. The summed E-state index contributed by atoms with van der Waals surface area (Å²) in [6.07, 6.45) is 0. The molecule has 0 fully saturated rings. The van der Waals surface area contributed by atoms with Gasteiger partial charge in [-0.2, -0.15) is 0 Å². The Morgan fingerprint density at radius 1 is 1.50 bits per heavy atom. The van der Waals surface area contributed by atoms with Crippen molar-refractivity contribution >= 4 is 40.6 Å². The summed E-state index contributed by atoms with van der Waals surface area (Å²) in [5, 5.41) is 0. The number of ketones is 1. The highest BCUT2D eigenvalue weighted by Crippen LogP contribution is 2.26. The largest absolute Gasteiger partial charge is 0.292 e. The van der Waals surface area contributed by atoms with Gasteiger partial charge in [0.25, 0.3) is 3.79 Å². The molecule has 0 aliphatic carbocycles. The highest BCUT2D eigenvalue weighted by atomic mass is 35.6. The first-order chi connectivity index (χ1) is 3.48. The van der Waals surface area contributed by atoms with Gasteiger partial charge in [-0.1, -0.05) is 34.8 Å². The fourth-order valence-electron chi connectivity index (χ4n) is 0.0758. The van der Waals surface area contributed by atoms with Gasteiger partial charge in [0.05, 0.1) is 0 Å². The maximum Gasteiger partial charge on any atom is 0.251 e. The second kappa shape index (κ2) is 2.85. The SMILES string of the molecule is O=C(CF)C(Cl)(Cl)Cl. The van der Waals surface area contributed by atoms with Gasteiger partial charge in [0.2, 0.25) is 5.78 Å². The van der Waals surface area contributed by atoms with Crippen molar-refractivity contribution in [2.75, 3.05) is 6.67 Å². The third kappa shape index (κ3) is 2.70. The molecule has 0 unspecified atom stereocenters. The predicted octanol–water partition coefficient (Wildman–Crippen LogP) is 1.90. The van der Waals surface area contributed by atoms with Crippen molar-refractivity contribution in [2.24, 2.45) is 0 Å². The molecule has 0 heterocycles. The average Bonchev–Trinajstić information content (AvgIpc) is 1.62. The van der Waals surface area contributed by atoms with E-state index in [0.29, 0.717) is 0 Å². The first-order valence-corrected chi connectivity index (χ1v) is 2.78. The summed E-state index contributed by atoms with van der Waals surface area (Å²) < 4.78 is 9.19. The first kappa shape index (κ1) is 8.47. The van der Waals surface area contributed by atoms with E-state index in [4.69, 9.17) is 34.8 Å². The summed E-state index contributed by atoms with van der Waals surface area (Å²) in [7, 11) is 0. The Morgan fingerprint density at radius 2 is 1.88 bits per heavy atom. The van der Waals surface area contributed by atoms with Gasteiger partial charge in [-0.05, 0) is 0 Å². The zero-order valence-electron chi connectivity index (χ0n) is 3.63.